The standard InChI is InChI=1S/C41H22N6O/c42-23-27-20-35(47-34-17-9-7-15-29(34)32-21-33-30-16-8-10-18-37(30)48-38(33)22-36(32)47)28(24-43)19-31(27)41-45-39(25-11-3-1-4-12-25)44-40(46-41)26-13-5-2-6-14-26/h1-22H. The fourth-order valence-corrected chi connectivity index (χ4v) is 6.52. The number of hydrogen-bond acceptors (Lipinski definition) is 6. The molecule has 0 saturated heterocycles. The third-order valence-electron chi connectivity index (χ3n) is 8.73. The van der Waals surface area contributed by atoms with Crippen LogP contribution in [-0.2, 0) is 0 Å². The highest BCUT2D eigenvalue weighted by atomic mass is 16.3. The summed E-state index contributed by atoms with van der Waals surface area (Å²) in [5.41, 5.74) is 6.72. The molecular formula is C41H22N6O. The molecule has 7 heteroatoms. The van der Waals surface area contributed by atoms with E-state index in [0.29, 0.717) is 39.9 Å². The van der Waals surface area contributed by atoms with Crippen molar-refractivity contribution in [1.29, 1.82) is 10.5 Å². The van der Waals surface area contributed by atoms with Gasteiger partial charge in [0.25, 0.3) is 0 Å². The zero-order valence-electron chi connectivity index (χ0n) is 25.3. The summed E-state index contributed by atoms with van der Waals surface area (Å²) in [7, 11) is 0. The third-order valence-corrected chi connectivity index (χ3v) is 8.73. The normalized spacial score (nSPS) is 11.3. The summed E-state index contributed by atoms with van der Waals surface area (Å²) in [5, 5.41) is 25.3. The Hall–Kier alpha value is -7.09. The monoisotopic (exact) mass is 614 g/mol. The highest BCUT2D eigenvalue weighted by Gasteiger charge is 2.22. The number of nitriles is 2. The molecule has 0 amide bonds. The van der Waals surface area contributed by atoms with Gasteiger partial charge in [0.1, 0.15) is 17.2 Å². The van der Waals surface area contributed by atoms with Gasteiger partial charge in [-0.25, -0.2) is 15.0 Å². The minimum absolute atomic E-state index is 0.313. The highest BCUT2D eigenvalue weighted by molar-refractivity contribution is 6.17. The van der Waals surface area contributed by atoms with Gasteiger partial charge >= 0.3 is 0 Å². The third kappa shape index (κ3) is 4.23. The van der Waals surface area contributed by atoms with Gasteiger partial charge in [0.15, 0.2) is 17.5 Å². The molecule has 222 valence electrons. The second-order valence-corrected chi connectivity index (χ2v) is 11.5. The maximum absolute atomic E-state index is 10.6. The van der Waals surface area contributed by atoms with Gasteiger partial charge in [0.2, 0.25) is 0 Å². The SMILES string of the molecule is N#Cc1cc(-n2c3ccccc3c3cc4c(cc32)oc2ccccc24)c(C#N)cc1-c1nc(-c2ccccc2)nc(-c2ccccc2)n1. The Morgan fingerprint density at radius 3 is 1.77 bits per heavy atom. The molecule has 6 aromatic carbocycles. The van der Waals surface area contributed by atoms with Crippen LogP contribution < -0.4 is 0 Å². The Kier molecular flexibility index (Phi) is 6.11. The molecule has 0 atom stereocenters. The van der Waals surface area contributed by atoms with Gasteiger partial charge in [-0.1, -0.05) is 97.1 Å². The zero-order chi connectivity index (χ0) is 32.2. The summed E-state index contributed by atoms with van der Waals surface area (Å²) >= 11 is 0. The first-order valence-corrected chi connectivity index (χ1v) is 15.4. The number of furan rings is 1. The molecule has 9 aromatic rings. The molecule has 0 N–H and O–H groups in total. The van der Waals surface area contributed by atoms with Crippen LogP contribution in [0, 0.1) is 22.7 Å². The quantitative estimate of drug-likeness (QED) is 0.195. The molecule has 0 unspecified atom stereocenters. The van der Waals surface area contributed by atoms with E-state index in [1.165, 1.54) is 0 Å². The van der Waals surface area contributed by atoms with Crippen molar-refractivity contribution in [1.82, 2.24) is 19.5 Å². The van der Waals surface area contributed by atoms with Crippen molar-refractivity contribution < 1.29 is 4.42 Å². The molecule has 0 aliphatic heterocycles. The topological polar surface area (TPSA) is 104 Å². The second-order valence-electron chi connectivity index (χ2n) is 11.5. The van der Waals surface area contributed by atoms with Gasteiger partial charge in [-0.2, -0.15) is 10.5 Å². The number of nitrogens with zero attached hydrogens (tertiary/aromatic N) is 6. The van der Waals surface area contributed by atoms with E-state index in [2.05, 4.69) is 30.3 Å². The lowest BCUT2D eigenvalue weighted by Crippen LogP contribution is -2.04. The van der Waals surface area contributed by atoms with Crippen LogP contribution in [0.1, 0.15) is 11.1 Å². The van der Waals surface area contributed by atoms with E-state index in [9.17, 15) is 10.5 Å². The van der Waals surface area contributed by atoms with Crippen LogP contribution in [0.25, 0.3) is 83.6 Å². The molecule has 0 bridgehead atoms. The Balaban J connectivity index is 1.30. The molecule has 0 aliphatic rings. The Bertz CT molecular complexity index is 2740. The number of fused-ring (bicyclic) bond motifs is 6. The van der Waals surface area contributed by atoms with Crippen molar-refractivity contribution in [2.45, 2.75) is 0 Å². The van der Waals surface area contributed by atoms with E-state index in [1.54, 1.807) is 12.1 Å². The van der Waals surface area contributed by atoms with Crippen LogP contribution in [0.3, 0.4) is 0 Å². The van der Waals surface area contributed by atoms with Crippen LogP contribution in [0.2, 0.25) is 0 Å². The lowest BCUT2D eigenvalue weighted by atomic mass is 10.0. The lowest BCUT2D eigenvalue weighted by Gasteiger charge is -2.14. The molecule has 0 radical (unpaired) electrons. The molecular weight excluding hydrogens is 592 g/mol. The predicted octanol–water partition coefficient (Wildman–Crippen LogP) is 9.61. The van der Waals surface area contributed by atoms with Gasteiger partial charge < -0.3 is 8.98 Å². The molecule has 48 heavy (non-hydrogen) atoms. The van der Waals surface area contributed by atoms with Crippen molar-refractivity contribution in [3.63, 3.8) is 0 Å². The first-order chi connectivity index (χ1) is 23.7. The average molecular weight is 615 g/mol. The first-order valence-electron chi connectivity index (χ1n) is 15.4. The number of rotatable bonds is 4. The average Bonchev–Trinajstić information content (AvgIpc) is 3.68. The first kappa shape index (κ1) is 27.2. The van der Waals surface area contributed by atoms with Gasteiger partial charge in [0, 0.05) is 44.3 Å². The zero-order valence-corrected chi connectivity index (χ0v) is 25.3. The number of para-hydroxylation sites is 2. The van der Waals surface area contributed by atoms with Crippen molar-refractivity contribution in [3.05, 3.63) is 145 Å². The number of hydrogen-bond donors (Lipinski definition) is 0. The minimum Gasteiger partial charge on any atom is -0.456 e. The lowest BCUT2D eigenvalue weighted by molar-refractivity contribution is 0.669. The van der Waals surface area contributed by atoms with Crippen molar-refractivity contribution in [3.8, 4) is 52.0 Å². The van der Waals surface area contributed by atoms with E-state index in [1.807, 2.05) is 108 Å². The van der Waals surface area contributed by atoms with E-state index < -0.39 is 0 Å². The fourth-order valence-electron chi connectivity index (χ4n) is 6.52. The summed E-state index contributed by atoms with van der Waals surface area (Å²) in [5.74, 6) is 1.26. The van der Waals surface area contributed by atoms with Crippen LogP contribution in [0.15, 0.2) is 138 Å². The van der Waals surface area contributed by atoms with Gasteiger partial charge in [-0.15, -0.1) is 0 Å². The van der Waals surface area contributed by atoms with Crippen LogP contribution >= 0.6 is 0 Å². The molecule has 0 saturated carbocycles. The molecule has 7 nitrogen and oxygen atoms in total. The molecule has 0 aliphatic carbocycles. The smallest absolute Gasteiger partial charge is 0.165 e. The van der Waals surface area contributed by atoms with Gasteiger partial charge in [0.05, 0.1) is 33.9 Å². The number of benzene rings is 6. The van der Waals surface area contributed by atoms with E-state index in [0.717, 1.165) is 54.9 Å². The molecule has 0 spiro atoms. The molecule has 3 aromatic heterocycles. The summed E-state index contributed by atoms with van der Waals surface area (Å²) in [4.78, 5) is 14.4. The van der Waals surface area contributed by atoms with Crippen LogP contribution in [0.4, 0.5) is 0 Å². The van der Waals surface area contributed by atoms with E-state index in [4.69, 9.17) is 19.4 Å². The largest absolute Gasteiger partial charge is 0.456 e. The van der Waals surface area contributed by atoms with Crippen molar-refractivity contribution in [2.24, 2.45) is 0 Å². The Morgan fingerprint density at radius 2 is 1.08 bits per heavy atom. The predicted molar refractivity (Wildman–Crippen MR) is 187 cm³/mol. The van der Waals surface area contributed by atoms with Crippen molar-refractivity contribution in [2.75, 3.05) is 0 Å². The maximum atomic E-state index is 10.6. The minimum atomic E-state index is 0.313. The number of aromatic nitrogens is 4. The summed E-state index contributed by atoms with van der Waals surface area (Å²) < 4.78 is 8.31. The Morgan fingerprint density at radius 1 is 0.479 bits per heavy atom. The van der Waals surface area contributed by atoms with E-state index in [-0.39, 0.29) is 0 Å². The molecule has 9 rings (SSSR count). The molecule has 0 fully saturated rings. The van der Waals surface area contributed by atoms with Crippen molar-refractivity contribution >= 4 is 43.7 Å². The fraction of sp³-hybridized carbons (Fsp3) is 0. The second kappa shape index (κ2) is 10.8. The Labute approximate surface area is 274 Å². The van der Waals surface area contributed by atoms with Crippen LogP contribution in [-0.4, -0.2) is 19.5 Å². The van der Waals surface area contributed by atoms with E-state index >= 15 is 0 Å². The summed E-state index contributed by atoms with van der Waals surface area (Å²) in [6.45, 7) is 0. The molecule has 3 heterocycles. The van der Waals surface area contributed by atoms with Crippen LogP contribution in [0.5, 0.6) is 0 Å². The maximum Gasteiger partial charge on any atom is 0.165 e. The summed E-state index contributed by atoms with van der Waals surface area (Å²) in [6.07, 6.45) is 0. The highest BCUT2D eigenvalue weighted by Crippen LogP contribution is 2.40. The summed E-state index contributed by atoms with van der Waals surface area (Å²) in [6, 6.07) is 47.8. The van der Waals surface area contributed by atoms with Gasteiger partial charge in [-0.3, -0.25) is 0 Å². The van der Waals surface area contributed by atoms with Gasteiger partial charge in [-0.05, 0) is 30.3 Å².